The lowest BCUT2D eigenvalue weighted by atomic mass is 10.3. The summed E-state index contributed by atoms with van der Waals surface area (Å²) in [7, 11) is 0. The van der Waals surface area contributed by atoms with Gasteiger partial charge in [-0.3, -0.25) is 0 Å². The number of hydrogen-bond donors (Lipinski definition) is 1. The van der Waals surface area contributed by atoms with Crippen LogP contribution in [-0.2, 0) is 6.54 Å². The van der Waals surface area contributed by atoms with Crippen LogP contribution in [0, 0.1) is 0 Å². The van der Waals surface area contributed by atoms with Crippen molar-refractivity contribution in [1.29, 1.82) is 0 Å². The highest BCUT2D eigenvalue weighted by Gasteiger charge is 1.99. The fourth-order valence-electron chi connectivity index (χ4n) is 1.18. The molecule has 78 valence electrons. The van der Waals surface area contributed by atoms with Gasteiger partial charge in [-0.25, -0.2) is 4.68 Å². The van der Waals surface area contributed by atoms with Gasteiger partial charge in [0.15, 0.2) is 11.5 Å². The molecule has 1 aromatic carbocycles. The van der Waals surface area contributed by atoms with Crippen molar-refractivity contribution in [2.75, 3.05) is 6.61 Å². The number of benzene rings is 1. The van der Waals surface area contributed by atoms with E-state index in [9.17, 15) is 5.11 Å². The number of phenolic OH excluding ortho intramolecular Hbond substituents is 1. The average molecular weight is 205 g/mol. The monoisotopic (exact) mass is 205 g/mol. The summed E-state index contributed by atoms with van der Waals surface area (Å²) in [5, 5.41) is 16.9. The summed E-state index contributed by atoms with van der Waals surface area (Å²) >= 11 is 0. The van der Waals surface area contributed by atoms with Gasteiger partial charge in [0.2, 0.25) is 0 Å². The number of para-hydroxylation sites is 2. The molecule has 0 spiro atoms. The van der Waals surface area contributed by atoms with E-state index in [2.05, 4.69) is 10.3 Å². The van der Waals surface area contributed by atoms with Crippen LogP contribution in [0.4, 0.5) is 0 Å². The maximum absolute atomic E-state index is 9.41. The van der Waals surface area contributed by atoms with E-state index in [0.29, 0.717) is 18.9 Å². The minimum absolute atomic E-state index is 0.149. The summed E-state index contributed by atoms with van der Waals surface area (Å²) < 4.78 is 7.04. The lowest BCUT2D eigenvalue weighted by molar-refractivity contribution is 0.276. The molecule has 0 fully saturated rings. The number of aromatic hydroxyl groups is 1. The van der Waals surface area contributed by atoms with Crippen LogP contribution in [0.1, 0.15) is 0 Å². The van der Waals surface area contributed by atoms with E-state index in [4.69, 9.17) is 4.74 Å². The first kappa shape index (κ1) is 9.51. The van der Waals surface area contributed by atoms with E-state index in [1.807, 2.05) is 6.07 Å². The molecule has 1 aromatic heterocycles. The first-order valence-corrected chi connectivity index (χ1v) is 4.61. The second-order valence-electron chi connectivity index (χ2n) is 2.98. The maximum atomic E-state index is 9.41. The standard InChI is InChI=1S/C10H11N3O2/c14-9-3-1-2-4-10(9)15-8-7-13-6-5-11-12-13/h1-6,14H,7-8H2. The Morgan fingerprint density at radius 3 is 2.93 bits per heavy atom. The van der Waals surface area contributed by atoms with Crippen LogP contribution < -0.4 is 4.74 Å². The van der Waals surface area contributed by atoms with E-state index in [0.717, 1.165) is 0 Å². The van der Waals surface area contributed by atoms with Crippen LogP contribution in [0.25, 0.3) is 0 Å². The van der Waals surface area contributed by atoms with E-state index < -0.39 is 0 Å². The molecule has 0 aliphatic carbocycles. The van der Waals surface area contributed by atoms with Gasteiger partial charge in [-0.15, -0.1) is 5.10 Å². The molecule has 0 aliphatic heterocycles. The topological polar surface area (TPSA) is 60.2 Å². The highest BCUT2D eigenvalue weighted by molar-refractivity contribution is 5.37. The van der Waals surface area contributed by atoms with Crippen molar-refractivity contribution in [3.05, 3.63) is 36.7 Å². The normalized spacial score (nSPS) is 10.1. The Balaban J connectivity index is 1.86. The van der Waals surface area contributed by atoms with Crippen LogP contribution in [0.5, 0.6) is 11.5 Å². The number of phenols is 1. The molecule has 15 heavy (non-hydrogen) atoms. The van der Waals surface area contributed by atoms with Gasteiger partial charge in [-0.2, -0.15) is 0 Å². The molecule has 1 N–H and O–H groups in total. The Morgan fingerprint density at radius 1 is 1.33 bits per heavy atom. The second kappa shape index (κ2) is 4.45. The van der Waals surface area contributed by atoms with Crippen molar-refractivity contribution < 1.29 is 9.84 Å². The van der Waals surface area contributed by atoms with Crippen LogP contribution in [-0.4, -0.2) is 26.7 Å². The van der Waals surface area contributed by atoms with Crippen LogP contribution in [0.3, 0.4) is 0 Å². The predicted molar refractivity (Wildman–Crippen MR) is 53.6 cm³/mol. The zero-order valence-electron chi connectivity index (χ0n) is 8.08. The molecule has 5 heteroatoms. The number of aromatic nitrogens is 3. The first-order valence-electron chi connectivity index (χ1n) is 4.61. The van der Waals surface area contributed by atoms with Crippen molar-refractivity contribution in [3.63, 3.8) is 0 Å². The Labute approximate surface area is 86.9 Å². The van der Waals surface area contributed by atoms with Crippen molar-refractivity contribution in [2.45, 2.75) is 6.54 Å². The highest BCUT2D eigenvalue weighted by atomic mass is 16.5. The van der Waals surface area contributed by atoms with Crippen LogP contribution in [0.15, 0.2) is 36.7 Å². The smallest absolute Gasteiger partial charge is 0.161 e. The van der Waals surface area contributed by atoms with E-state index in [1.165, 1.54) is 0 Å². The van der Waals surface area contributed by atoms with Crippen molar-refractivity contribution in [1.82, 2.24) is 15.0 Å². The van der Waals surface area contributed by atoms with Gasteiger partial charge < -0.3 is 9.84 Å². The summed E-state index contributed by atoms with van der Waals surface area (Å²) in [6.45, 7) is 1.05. The Morgan fingerprint density at radius 2 is 2.20 bits per heavy atom. The van der Waals surface area contributed by atoms with Gasteiger partial charge in [0, 0.05) is 6.20 Å². The maximum Gasteiger partial charge on any atom is 0.161 e. The zero-order valence-corrected chi connectivity index (χ0v) is 8.08. The first-order chi connectivity index (χ1) is 7.36. The summed E-state index contributed by atoms with van der Waals surface area (Å²) in [6, 6.07) is 6.87. The summed E-state index contributed by atoms with van der Waals surface area (Å²) in [4.78, 5) is 0. The van der Waals surface area contributed by atoms with Gasteiger partial charge in [0.25, 0.3) is 0 Å². The molecule has 0 saturated heterocycles. The average Bonchev–Trinajstić information content (AvgIpc) is 2.74. The van der Waals surface area contributed by atoms with Crippen molar-refractivity contribution in [2.24, 2.45) is 0 Å². The second-order valence-corrected chi connectivity index (χ2v) is 2.98. The predicted octanol–water partition coefficient (Wildman–Crippen LogP) is 1.06. The molecule has 0 radical (unpaired) electrons. The lowest BCUT2D eigenvalue weighted by Crippen LogP contribution is -2.08. The van der Waals surface area contributed by atoms with E-state index >= 15 is 0 Å². The Kier molecular flexibility index (Phi) is 2.82. The van der Waals surface area contributed by atoms with E-state index in [-0.39, 0.29) is 5.75 Å². The summed E-state index contributed by atoms with van der Waals surface area (Å²) in [5.41, 5.74) is 0. The van der Waals surface area contributed by atoms with E-state index in [1.54, 1.807) is 35.3 Å². The summed E-state index contributed by atoms with van der Waals surface area (Å²) in [5.74, 6) is 0.633. The third kappa shape index (κ3) is 2.46. The van der Waals surface area contributed by atoms with Gasteiger partial charge in [-0.1, -0.05) is 17.3 Å². The molecule has 0 bridgehead atoms. The van der Waals surface area contributed by atoms with Crippen LogP contribution >= 0.6 is 0 Å². The molecule has 0 aliphatic rings. The fourth-order valence-corrected chi connectivity index (χ4v) is 1.18. The molecule has 1 heterocycles. The van der Waals surface area contributed by atoms with Crippen LogP contribution in [0.2, 0.25) is 0 Å². The number of rotatable bonds is 4. The van der Waals surface area contributed by atoms with Gasteiger partial charge in [0.05, 0.1) is 12.7 Å². The minimum atomic E-state index is 0.149. The SMILES string of the molecule is Oc1ccccc1OCCn1ccnn1. The molecule has 0 amide bonds. The highest BCUT2D eigenvalue weighted by Crippen LogP contribution is 2.23. The molecule has 0 unspecified atom stereocenters. The third-order valence-electron chi connectivity index (χ3n) is 1.92. The van der Waals surface area contributed by atoms with Gasteiger partial charge in [0.1, 0.15) is 6.61 Å². The largest absolute Gasteiger partial charge is 0.504 e. The Hall–Kier alpha value is -2.04. The number of nitrogens with zero attached hydrogens (tertiary/aromatic N) is 3. The fraction of sp³-hybridized carbons (Fsp3) is 0.200. The minimum Gasteiger partial charge on any atom is -0.504 e. The molecular weight excluding hydrogens is 194 g/mol. The third-order valence-corrected chi connectivity index (χ3v) is 1.92. The zero-order chi connectivity index (χ0) is 10.5. The Bertz CT molecular complexity index is 414. The molecular formula is C10H11N3O2. The van der Waals surface area contributed by atoms with Gasteiger partial charge in [-0.05, 0) is 12.1 Å². The molecule has 5 nitrogen and oxygen atoms in total. The molecule has 0 atom stereocenters. The van der Waals surface area contributed by atoms with Gasteiger partial charge >= 0.3 is 0 Å². The van der Waals surface area contributed by atoms with Crippen molar-refractivity contribution >= 4 is 0 Å². The molecule has 2 rings (SSSR count). The molecule has 0 saturated carbocycles. The number of ether oxygens (including phenoxy) is 1. The summed E-state index contributed by atoms with van der Waals surface area (Å²) in [6.07, 6.45) is 3.37. The number of hydrogen-bond acceptors (Lipinski definition) is 4. The quantitative estimate of drug-likeness (QED) is 0.810. The molecule has 2 aromatic rings. The van der Waals surface area contributed by atoms with Crippen molar-refractivity contribution in [3.8, 4) is 11.5 Å². The lowest BCUT2D eigenvalue weighted by Gasteiger charge is -2.06.